The van der Waals surface area contributed by atoms with Crippen LogP contribution in [-0.4, -0.2) is 7.11 Å². The number of nitrogen functional groups attached to an aromatic ring is 1. The van der Waals surface area contributed by atoms with E-state index in [2.05, 4.69) is 35.1 Å². The van der Waals surface area contributed by atoms with E-state index in [1.165, 1.54) is 11.1 Å². The van der Waals surface area contributed by atoms with Crippen molar-refractivity contribution >= 4 is 5.69 Å². The Morgan fingerprint density at radius 2 is 1.40 bits per heavy atom. The van der Waals surface area contributed by atoms with Gasteiger partial charge in [0.2, 0.25) is 0 Å². The lowest BCUT2D eigenvalue weighted by Gasteiger charge is -2.11. The van der Waals surface area contributed by atoms with E-state index in [-0.39, 0.29) is 0 Å². The fourth-order valence-electron chi connectivity index (χ4n) is 2.56. The molecule has 2 aromatic rings. The van der Waals surface area contributed by atoms with Crippen molar-refractivity contribution in [2.24, 2.45) is 0 Å². The Labute approximate surface area is 118 Å². The normalized spacial score (nSPS) is 21.9. The highest BCUT2D eigenvalue weighted by Crippen LogP contribution is 2.31. The van der Waals surface area contributed by atoms with Crippen LogP contribution in [0.2, 0.25) is 0 Å². The van der Waals surface area contributed by atoms with Crippen LogP contribution in [0, 0.1) is 0 Å². The Bertz CT molecular complexity index is 565. The minimum atomic E-state index is 0.308. The lowest BCUT2D eigenvalue weighted by Crippen LogP contribution is -2.26. The van der Waals surface area contributed by atoms with Crippen LogP contribution < -0.4 is 21.3 Å². The Morgan fingerprint density at radius 1 is 0.900 bits per heavy atom. The van der Waals surface area contributed by atoms with Gasteiger partial charge < -0.3 is 10.5 Å². The number of hydrogen-bond acceptors (Lipinski definition) is 4. The molecular weight excluding hydrogens is 250 g/mol. The third-order valence-corrected chi connectivity index (χ3v) is 3.76. The van der Waals surface area contributed by atoms with E-state index in [1.807, 2.05) is 24.3 Å². The van der Waals surface area contributed by atoms with E-state index in [0.717, 1.165) is 17.9 Å². The van der Waals surface area contributed by atoms with Gasteiger partial charge in [-0.1, -0.05) is 24.3 Å². The topological polar surface area (TPSA) is 59.3 Å². The molecule has 20 heavy (non-hydrogen) atoms. The molecule has 2 atom stereocenters. The van der Waals surface area contributed by atoms with E-state index < -0.39 is 0 Å². The van der Waals surface area contributed by atoms with E-state index in [4.69, 9.17) is 10.5 Å². The third kappa shape index (κ3) is 2.61. The average molecular weight is 269 g/mol. The quantitative estimate of drug-likeness (QED) is 0.750. The lowest BCUT2D eigenvalue weighted by atomic mass is 9.97. The first-order valence-corrected chi connectivity index (χ1v) is 6.76. The SMILES string of the molecule is COc1ccc(C2CC(c3ccc(N)cc3)NN2)cc1. The van der Waals surface area contributed by atoms with Crippen LogP contribution in [-0.2, 0) is 0 Å². The van der Waals surface area contributed by atoms with Crippen molar-refractivity contribution in [3.8, 4) is 5.75 Å². The molecular formula is C16H19N3O. The Kier molecular flexibility index (Phi) is 3.58. The monoisotopic (exact) mass is 269 g/mol. The van der Waals surface area contributed by atoms with Crippen LogP contribution in [0.5, 0.6) is 5.75 Å². The van der Waals surface area contributed by atoms with Gasteiger partial charge in [-0.25, -0.2) is 10.9 Å². The summed E-state index contributed by atoms with van der Waals surface area (Å²) in [6, 6.07) is 16.8. The summed E-state index contributed by atoms with van der Waals surface area (Å²) < 4.78 is 5.19. The molecule has 0 aromatic heterocycles. The predicted octanol–water partition coefficient (Wildman–Crippen LogP) is 2.56. The molecule has 1 aliphatic rings. The van der Waals surface area contributed by atoms with Gasteiger partial charge in [0.25, 0.3) is 0 Å². The van der Waals surface area contributed by atoms with Crippen LogP contribution in [0.4, 0.5) is 5.69 Å². The molecule has 0 saturated carbocycles. The molecule has 4 heteroatoms. The molecule has 1 fully saturated rings. The maximum atomic E-state index is 5.72. The number of anilines is 1. The number of methoxy groups -OCH3 is 1. The summed E-state index contributed by atoms with van der Waals surface area (Å²) in [4.78, 5) is 0. The molecule has 104 valence electrons. The molecule has 0 bridgehead atoms. The summed E-state index contributed by atoms with van der Waals surface area (Å²) in [5.74, 6) is 0.884. The average Bonchev–Trinajstić information content (AvgIpc) is 2.98. The van der Waals surface area contributed by atoms with Gasteiger partial charge in [0, 0.05) is 17.8 Å². The van der Waals surface area contributed by atoms with E-state index in [9.17, 15) is 0 Å². The fourth-order valence-corrected chi connectivity index (χ4v) is 2.56. The summed E-state index contributed by atoms with van der Waals surface area (Å²) in [6.45, 7) is 0. The van der Waals surface area contributed by atoms with Crippen LogP contribution in [0.15, 0.2) is 48.5 Å². The second-order valence-corrected chi connectivity index (χ2v) is 5.07. The number of nitrogens with two attached hydrogens (primary N) is 1. The van der Waals surface area contributed by atoms with E-state index in [1.54, 1.807) is 7.11 Å². The highest BCUT2D eigenvalue weighted by Gasteiger charge is 2.25. The number of nitrogens with one attached hydrogen (secondary N) is 2. The maximum Gasteiger partial charge on any atom is 0.118 e. The highest BCUT2D eigenvalue weighted by molar-refractivity contribution is 5.40. The Balaban J connectivity index is 1.71. The van der Waals surface area contributed by atoms with Crippen LogP contribution in [0.3, 0.4) is 0 Å². The lowest BCUT2D eigenvalue weighted by molar-refractivity contribution is 0.414. The first kappa shape index (κ1) is 13.0. The van der Waals surface area contributed by atoms with Gasteiger partial charge in [-0.3, -0.25) is 0 Å². The van der Waals surface area contributed by atoms with Crippen LogP contribution >= 0.6 is 0 Å². The van der Waals surface area contributed by atoms with Gasteiger partial charge in [-0.05, 0) is 41.8 Å². The van der Waals surface area contributed by atoms with E-state index in [0.29, 0.717) is 12.1 Å². The smallest absolute Gasteiger partial charge is 0.118 e. The molecule has 2 aromatic carbocycles. The van der Waals surface area contributed by atoms with Gasteiger partial charge >= 0.3 is 0 Å². The number of hydrazine groups is 1. The fraction of sp³-hybridized carbons (Fsp3) is 0.250. The Morgan fingerprint density at radius 3 is 1.90 bits per heavy atom. The summed E-state index contributed by atoms with van der Waals surface area (Å²) in [5.41, 5.74) is 15.7. The number of ether oxygens (including phenoxy) is 1. The second-order valence-electron chi connectivity index (χ2n) is 5.07. The molecule has 0 spiro atoms. The maximum absolute atomic E-state index is 5.72. The molecule has 4 N–H and O–H groups in total. The summed E-state index contributed by atoms with van der Waals surface area (Å²) in [7, 11) is 1.68. The number of hydrogen-bond donors (Lipinski definition) is 3. The molecule has 1 saturated heterocycles. The van der Waals surface area contributed by atoms with Gasteiger partial charge in [0.05, 0.1) is 7.11 Å². The zero-order chi connectivity index (χ0) is 13.9. The summed E-state index contributed by atoms with van der Waals surface area (Å²) in [6.07, 6.45) is 1.01. The van der Waals surface area contributed by atoms with Crippen molar-refractivity contribution in [1.29, 1.82) is 0 Å². The molecule has 1 heterocycles. The highest BCUT2D eigenvalue weighted by atomic mass is 16.5. The first-order chi connectivity index (χ1) is 9.76. The van der Waals surface area contributed by atoms with Crippen molar-refractivity contribution < 1.29 is 4.74 Å². The zero-order valence-corrected chi connectivity index (χ0v) is 11.5. The van der Waals surface area contributed by atoms with Gasteiger partial charge in [-0.15, -0.1) is 0 Å². The molecule has 3 rings (SSSR count). The summed E-state index contributed by atoms with van der Waals surface area (Å²) in [5, 5.41) is 0. The molecule has 2 unspecified atom stereocenters. The molecule has 0 amide bonds. The predicted molar refractivity (Wildman–Crippen MR) is 80.2 cm³/mol. The molecule has 0 radical (unpaired) electrons. The number of benzene rings is 2. The van der Waals surface area contributed by atoms with Crippen molar-refractivity contribution in [1.82, 2.24) is 10.9 Å². The number of rotatable bonds is 3. The van der Waals surface area contributed by atoms with Gasteiger partial charge in [0.15, 0.2) is 0 Å². The van der Waals surface area contributed by atoms with Crippen molar-refractivity contribution in [2.45, 2.75) is 18.5 Å². The largest absolute Gasteiger partial charge is 0.497 e. The minimum Gasteiger partial charge on any atom is -0.497 e. The standard InChI is InChI=1S/C16H19N3O/c1-20-14-8-4-12(5-9-14)16-10-15(18-19-16)11-2-6-13(17)7-3-11/h2-9,15-16,18-19H,10,17H2,1H3. The molecule has 4 nitrogen and oxygen atoms in total. The van der Waals surface area contributed by atoms with Crippen LogP contribution in [0.1, 0.15) is 29.6 Å². The molecule has 0 aliphatic carbocycles. The zero-order valence-electron chi connectivity index (χ0n) is 11.5. The summed E-state index contributed by atoms with van der Waals surface area (Å²) >= 11 is 0. The van der Waals surface area contributed by atoms with E-state index >= 15 is 0 Å². The van der Waals surface area contributed by atoms with Crippen molar-refractivity contribution in [3.05, 3.63) is 59.7 Å². The molecule has 1 aliphatic heterocycles. The van der Waals surface area contributed by atoms with Crippen molar-refractivity contribution in [2.75, 3.05) is 12.8 Å². The second kappa shape index (κ2) is 5.53. The first-order valence-electron chi connectivity index (χ1n) is 6.76. The third-order valence-electron chi connectivity index (χ3n) is 3.76. The van der Waals surface area contributed by atoms with Crippen LogP contribution in [0.25, 0.3) is 0 Å². The van der Waals surface area contributed by atoms with Gasteiger partial charge in [-0.2, -0.15) is 0 Å². The minimum absolute atomic E-state index is 0.308. The van der Waals surface area contributed by atoms with Gasteiger partial charge in [0.1, 0.15) is 5.75 Å². The van der Waals surface area contributed by atoms with Crippen molar-refractivity contribution in [3.63, 3.8) is 0 Å². The Hall–Kier alpha value is -2.04.